The quantitative estimate of drug-likeness (QED) is 0.799. The van der Waals surface area contributed by atoms with Crippen LogP contribution in [-0.4, -0.2) is 50.8 Å². The molecule has 1 aliphatic rings. The van der Waals surface area contributed by atoms with Crippen LogP contribution >= 0.6 is 0 Å². The van der Waals surface area contributed by atoms with Crippen LogP contribution in [0.25, 0.3) is 0 Å². The van der Waals surface area contributed by atoms with E-state index in [1.165, 1.54) is 19.3 Å². The number of likely N-dealkylation sites (N-methyl/N-ethyl adjacent to an activating group) is 2. The third-order valence-corrected chi connectivity index (χ3v) is 4.48. The van der Waals surface area contributed by atoms with Gasteiger partial charge in [-0.3, -0.25) is 4.90 Å². The van der Waals surface area contributed by atoms with Crippen molar-refractivity contribution in [1.82, 2.24) is 10.2 Å². The predicted octanol–water partition coefficient (Wildman–Crippen LogP) is 2.12. The number of methoxy groups -OCH3 is 1. The number of nitrogens with zero attached hydrogens (tertiary/aromatic N) is 1. The van der Waals surface area contributed by atoms with Gasteiger partial charge in [-0.2, -0.15) is 0 Å². The monoisotopic (exact) mass is 242 g/mol. The average Bonchev–Trinajstić information content (AvgIpc) is 2.26. The van der Waals surface area contributed by atoms with Gasteiger partial charge in [-0.25, -0.2) is 0 Å². The summed E-state index contributed by atoms with van der Waals surface area (Å²) in [7, 11) is 6.12. The lowest BCUT2D eigenvalue weighted by molar-refractivity contribution is 0.0230. The van der Waals surface area contributed by atoms with Crippen molar-refractivity contribution < 1.29 is 4.74 Å². The predicted molar refractivity (Wildman–Crippen MR) is 73.4 cm³/mol. The van der Waals surface area contributed by atoms with E-state index in [9.17, 15) is 0 Å². The molecule has 1 N–H and O–H groups in total. The van der Waals surface area contributed by atoms with Crippen LogP contribution in [0.2, 0.25) is 0 Å². The molecule has 1 rings (SSSR count). The van der Waals surface area contributed by atoms with Crippen molar-refractivity contribution in [2.75, 3.05) is 27.8 Å². The molecule has 1 aliphatic carbocycles. The molecule has 3 heteroatoms. The van der Waals surface area contributed by atoms with Crippen molar-refractivity contribution in [2.24, 2.45) is 5.41 Å². The van der Waals surface area contributed by atoms with Gasteiger partial charge in [0, 0.05) is 25.2 Å². The van der Waals surface area contributed by atoms with Gasteiger partial charge in [0.15, 0.2) is 0 Å². The maximum Gasteiger partial charge on any atom is 0.0615 e. The molecule has 0 saturated heterocycles. The molecule has 0 aromatic rings. The highest BCUT2D eigenvalue weighted by Crippen LogP contribution is 2.37. The molecular formula is C14H30N2O. The van der Waals surface area contributed by atoms with Crippen LogP contribution in [-0.2, 0) is 4.74 Å². The van der Waals surface area contributed by atoms with E-state index in [-0.39, 0.29) is 0 Å². The Morgan fingerprint density at radius 1 is 1.47 bits per heavy atom. The summed E-state index contributed by atoms with van der Waals surface area (Å²) in [6.45, 7) is 7.83. The van der Waals surface area contributed by atoms with Crippen molar-refractivity contribution in [3.8, 4) is 0 Å². The molecule has 0 heterocycles. The van der Waals surface area contributed by atoms with Gasteiger partial charge in [-0.1, -0.05) is 20.3 Å². The molecule has 0 aromatic heterocycles. The maximum absolute atomic E-state index is 5.27. The summed E-state index contributed by atoms with van der Waals surface area (Å²) in [6, 6.07) is 1.67. The van der Waals surface area contributed by atoms with E-state index in [2.05, 4.69) is 45.1 Å². The van der Waals surface area contributed by atoms with Gasteiger partial charge in [0.1, 0.15) is 0 Å². The number of rotatable bonds is 5. The molecule has 102 valence electrons. The normalized spacial score (nSPS) is 30.5. The standard InChI is InChI=1S/C14H30N2O/c1-11(10-17-6)16(5)12-8-7-9-14(2,3)13(12)15-4/h11-13,15H,7-10H2,1-6H3. The Hall–Kier alpha value is -0.120. The van der Waals surface area contributed by atoms with Crippen molar-refractivity contribution in [3.05, 3.63) is 0 Å². The summed E-state index contributed by atoms with van der Waals surface area (Å²) in [4.78, 5) is 2.49. The molecule has 3 nitrogen and oxygen atoms in total. The minimum Gasteiger partial charge on any atom is -0.383 e. The van der Waals surface area contributed by atoms with Crippen LogP contribution in [0.15, 0.2) is 0 Å². The lowest BCUT2D eigenvalue weighted by Crippen LogP contribution is -2.59. The Morgan fingerprint density at radius 3 is 2.65 bits per heavy atom. The molecule has 0 spiro atoms. The van der Waals surface area contributed by atoms with E-state index in [0.717, 1.165) is 6.61 Å². The molecule has 3 atom stereocenters. The van der Waals surface area contributed by atoms with E-state index in [1.807, 2.05) is 0 Å². The highest BCUT2D eigenvalue weighted by Gasteiger charge is 2.40. The Morgan fingerprint density at radius 2 is 2.12 bits per heavy atom. The minimum absolute atomic E-state index is 0.388. The molecule has 17 heavy (non-hydrogen) atoms. The Balaban J connectivity index is 2.73. The van der Waals surface area contributed by atoms with Gasteiger partial charge < -0.3 is 10.1 Å². The zero-order chi connectivity index (χ0) is 13.1. The number of nitrogens with one attached hydrogen (secondary N) is 1. The summed E-state index contributed by atoms with van der Waals surface area (Å²) >= 11 is 0. The number of hydrogen-bond donors (Lipinski definition) is 1. The largest absolute Gasteiger partial charge is 0.383 e. The third kappa shape index (κ3) is 3.43. The van der Waals surface area contributed by atoms with Gasteiger partial charge in [0.25, 0.3) is 0 Å². The molecule has 1 fully saturated rings. The first kappa shape index (κ1) is 14.9. The zero-order valence-electron chi connectivity index (χ0n) is 12.4. The first-order valence-corrected chi connectivity index (χ1v) is 6.82. The Bertz CT molecular complexity index is 230. The first-order valence-electron chi connectivity index (χ1n) is 6.82. The highest BCUT2D eigenvalue weighted by atomic mass is 16.5. The summed E-state index contributed by atoms with van der Waals surface area (Å²) in [5.74, 6) is 0. The molecule has 0 aromatic carbocycles. The fourth-order valence-electron chi connectivity index (χ4n) is 3.32. The minimum atomic E-state index is 0.388. The van der Waals surface area contributed by atoms with E-state index < -0.39 is 0 Å². The lowest BCUT2D eigenvalue weighted by Gasteiger charge is -2.48. The number of ether oxygens (including phenoxy) is 1. The van der Waals surface area contributed by atoms with Crippen molar-refractivity contribution in [3.63, 3.8) is 0 Å². The molecule has 3 unspecified atom stereocenters. The van der Waals surface area contributed by atoms with Crippen LogP contribution < -0.4 is 5.32 Å². The van der Waals surface area contributed by atoms with Gasteiger partial charge in [-0.15, -0.1) is 0 Å². The molecule has 0 bridgehead atoms. The lowest BCUT2D eigenvalue weighted by atomic mass is 9.70. The van der Waals surface area contributed by atoms with Gasteiger partial charge in [-0.05, 0) is 39.3 Å². The van der Waals surface area contributed by atoms with Crippen LogP contribution in [0, 0.1) is 5.41 Å². The van der Waals surface area contributed by atoms with E-state index in [4.69, 9.17) is 4.74 Å². The van der Waals surface area contributed by atoms with Crippen molar-refractivity contribution in [1.29, 1.82) is 0 Å². The maximum atomic E-state index is 5.27. The van der Waals surface area contributed by atoms with E-state index in [1.54, 1.807) is 7.11 Å². The highest BCUT2D eigenvalue weighted by molar-refractivity contribution is 4.97. The third-order valence-electron chi connectivity index (χ3n) is 4.48. The summed E-state index contributed by atoms with van der Waals surface area (Å²) < 4.78 is 5.27. The van der Waals surface area contributed by atoms with Crippen LogP contribution in [0.5, 0.6) is 0 Å². The van der Waals surface area contributed by atoms with Gasteiger partial charge in [0.05, 0.1) is 6.61 Å². The fourth-order valence-corrected chi connectivity index (χ4v) is 3.32. The Labute approximate surface area is 107 Å². The van der Waals surface area contributed by atoms with Crippen LogP contribution in [0.4, 0.5) is 0 Å². The fraction of sp³-hybridized carbons (Fsp3) is 1.00. The van der Waals surface area contributed by atoms with E-state index in [0.29, 0.717) is 23.5 Å². The van der Waals surface area contributed by atoms with Gasteiger partial charge >= 0.3 is 0 Å². The molecule has 0 amide bonds. The van der Waals surface area contributed by atoms with E-state index >= 15 is 0 Å². The SMILES string of the molecule is CNC1C(N(C)C(C)COC)CCCC1(C)C. The molecule has 0 aliphatic heterocycles. The molecular weight excluding hydrogens is 212 g/mol. The first-order chi connectivity index (χ1) is 7.94. The summed E-state index contributed by atoms with van der Waals surface area (Å²) in [5.41, 5.74) is 0.388. The van der Waals surface area contributed by atoms with Crippen LogP contribution in [0.3, 0.4) is 0 Å². The topological polar surface area (TPSA) is 24.5 Å². The number of hydrogen-bond acceptors (Lipinski definition) is 3. The second kappa shape index (κ2) is 6.17. The average molecular weight is 242 g/mol. The molecule has 1 saturated carbocycles. The Kier molecular flexibility index (Phi) is 5.42. The van der Waals surface area contributed by atoms with Crippen molar-refractivity contribution >= 4 is 0 Å². The molecule has 0 radical (unpaired) electrons. The smallest absolute Gasteiger partial charge is 0.0615 e. The van der Waals surface area contributed by atoms with Gasteiger partial charge in [0.2, 0.25) is 0 Å². The van der Waals surface area contributed by atoms with Crippen molar-refractivity contribution in [2.45, 2.75) is 58.2 Å². The summed E-state index contributed by atoms with van der Waals surface area (Å²) in [5, 5.41) is 3.54. The zero-order valence-corrected chi connectivity index (χ0v) is 12.4. The second-order valence-corrected chi connectivity index (χ2v) is 6.18. The second-order valence-electron chi connectivity index (χ2n) is 6.18. The summed E-state index contributed by atoms with van der Waals surface area (Å²) in [6.07, 6.45) is 3.95. The van der Waals surface area contributed by atoms with Crippen LogP contribution in [0.1, 0.15) is 40.0 Å².